The van der Waals surface area contributed by atoms with E-state index in [9.17, 15) is 4.79 Å². The van der Waals surface area contributed by atoms with E-state index in [1.807, 2.05) is 21.7 Å². The van der Waals surface area contributed by atoms with Crippen LogP contribution in [-0.2, 0) is 12.8 Å². The number of aromatic amines is 1. The van der Waals surface area contributed by atoms with Crippen LogP contribution in [0.1, 0.15) is 71.1 Å². The number of nitrogens with zero attached hydrogens (tertiary/aromatic N) is 6. The van der Waals surface area contributed by atoms with E-state index in [2.05, 4.69) is 22.0 Å². The number of rotatable bonds is 3. The maximum Gasteiger partial charge on any atom is 0.275 e. The standard InChI is InChI=1S/C23H30N8O/c1-14-12-31-20(25-22(14)29-10-8-15(24)13-29)11-18(28-31)19-7-2-3-9-30(19)23(32)21-16-5-4-6-17(16)26-27-21/h11-12,15,19H,2-10,13,24H2,1H3,(H,26,27). The number of hydrogen-bond donors (Lipinski definition) is 2. The molecule has 3 aliphatic rings. The number of carbonyl (C=O) groups is 1. The summed E-state index contributed by atoms with van der Waals surface area (Å²) in [5, 5.41) is 12.3. The molecule has 2 aliphatic heterocycles. The fourth-order valence-electron chi connectivity index (χ4n) is 5.60. The molecule has 0 saturated carbocycles. The molecule has 0 radical (unpaired) electrons. The maximum absolute atomic E-state index is 13.5. The van der Waals surface area contributed by atoms with Crippen LogP contribution in [0.3, 0.4) is 0 Å². The topological polar surface area (TPSA) is 108 Å². The third kappa shape index (κ3) is 3.18. The van der Waals surface area contributed by atoms with Gasteiger partial charge in [-0.05, 0) is 51.9 Å². The first-order valence-corrected chi connectivity index (χ1v) is 11.8. The Kier molecular flexibility index (Phi) is 4.67. The number of aromatic nitrogens is 5. The predicted molar refractivity (Wildman–Crippen MR) is 121 cm³/mol. The molecule has 3 aromatic heterocycles. The Labute approximate surface area is 187 Å². The Bertz CT molecular complexity index is 1180. The van der Waals surface area contributed by atoms with Gasteiger partial charge in [0.25, 0.3) is 5.91 Å². The first-order chi connectivity index (χ1) is 15.6. The fourth-order valence-corrected chi connectivity index (χ4v) is 5.60. The summed E-state index contributed by atoms with van der Waals surface area (Å²) in [5.41, 5.74) is 11.8. The largest absolute Gasteiger partial charge is 0.355 e. The molecule has 0 bridgehead atoms. The van der Waals surface area contributed by atoms with Gasteiger partial charge in [-0.1, -0.05) is 0 Å². The van der Waals surface area contributed by atoms with Crippen molar-refractivity contribution < 1.29 is 4.79 Å². The zero-order chi connectivity index (χ0) is 21.8. The molecular weight excluding hydrogens is 404 g/mol. The van der Waals surface area contributed by atoms with Crippen LogP contribution in [0.4, 0.5) is 5.82 Å². The van der Waals surface area contributed by atoms with Gasteiger partial charge in [0.05, 0.1) is 11.7 Å². The molecule has 3 N–H and O–H groups in total. The van der Waals surface area contributed by atoms with Crippen molar-refractivity contribution in [3.63, 3.8) is 0 Å². The maximum atomic E-state index is 13.5. The minimum absolute atomic E-state index is 0.0297. The summed E-state index contributed by atoms with van der Waals surface area (Å²) in [6.07, 6.45) is 9.06. The second kappa shape index (κ2) is 7.58. The van der Waals surface area contributed by atoms with Crippen LogP contribution < -0.4 is 10.6 Å². The van der Waals surface area contributed by atoms with Gasteiger partial charge in [0.15, 0.2) is 11.3 Å². The van der Waals surface area contributed by atoms with Gasteiger partial charge >= 0.3 is 0 Å². The van der Waals surface area contributed by atoms with E-state index in [0.717, 1.165) is 98.6 Å². The summed E-state index contributed by atoms with van der Waals surface area (Å²) in [7, 11) is 0. The van der Waals surface area contributed by atoms with Crippen LogP contribution in [-0.4, -0.2) is 61.3 Å². The van der Waals surface area contributed by atoms with Crippen molar-refractivity contribution >= 4 is 17.4 Å². The molecule has 32 heavy (non-hydrogen) atoms. The minimum Gasteiger partial charge on any atom is -0.355 e. The molecule has 5 heterocycles. The van der Waals surface area contributed by atoms with Crippen molar-refractivity contribution in [3.8, 4) is 0 Å². The number of H-pyrrole nitrogens is 1. The molecule has 3 aromatic rings. The molecule has 1 amide bonds. The Morgan fingerprint density at radius 2 is 2.09 bits per heavy atom. The van der Waals surface area contributed by atoms with Crippen LogP contribution >= 0.6 is 0 Å². The van der Waals surface area contributed by atoms with Gasteiger partial charge in [-0.15, -0.1) is 0 Å². The SMILES string of the molecule is Cc1cn2nc(C3CCCCN3C(=O)c3n[nH]c4c3CCC4)cc2nc1N1CCC(N)C1. The van der Waals surface area contributed by atoms with Crippen molar-refractivity contribution in [2.24, 2.45) is 5.73 Å². The Balaban J connectivity index is 1.33. The average molecular weight is 435 g/mol. The van der Waals surface area contributed by atoms with Gasteiger partial charge in [-0.25, -0.2) is 9.50 Å². The summed E-state index contributed by atoms with van der Waals surface area (Å²) in [5.74, 6) is 1.02. The van der Waals surface area contributed by atoms with Gasteiger partial charge in [0.1, 0.15) is 5.82 Å². The van der Waals surface area contributed by atoms with E-state index < -0.39 is 0 Å². The molecule has 9 heteroatoms. The highest BCUT2D eigenvalue weighted by molar-refractivity contribution is 5.94. The lowest BCUT2D eigenvalue weighted by atomic mass is 9.98. The second-order valence-corrected chi connectivity index (χ2v) is 9.51. The van der Waals surface area contributed by atoms with Crippen molar-refractivity contribution in [1.29, 1.82) is 0 Å². The number of carbonyl (C=O) groups excluding carboxylic acids is 1. The molecule has 0 spiro atoms. The van der Waals surface area contributed by atoms with Crippen molar-refractivity contribution in [3.05, 3.63) is 40.5 Å². The van der Waals surface area contributed by atoms with Gasteiger partial charge < -0.3 is 15.5 Å². The predicted octanol–water partition coefficient (Wildman–Crippen LogP) is 2.15. The number of aryl methyl sites for hydroxylation is 2. The Morgan fingerprint density at radius 1 is 1.19 bits per heavy atom. The van der Waals surface area contributed by atoms with E-state index in [-0.39, 0.29) is 18.0 Å². The van der Waals surface area contributed by atoms with E-state index in [1.165, 1.54) is 0 Å². The molecule has 168 valence electrons. The molecule has 2 unspecified atom stereocenters. The monoisotopic (exact) mass is 434 g/mol. The number of nitrogens with two attached hydrogens (primary N) is 1. The number of amides is 1. The molecule has 2 saturated heterocycles. The molecular formula is C23H30N8O. The van der Waals surface area contributed by atoms with Gasteiger partial charge in [-0.3, -0.25) is 9.89 Å². The summed E-state index contributed by atoms with van der Waals surface area (Å²) < 4.78 is 1.85. The number of fused-ring (bicyclic) bond motifs is 2. The lowest BCUT2D eigenvalue weighted by molar-refractivity contribution is 0.0598. The van der Waals surface area contributed by atoms with Crippen LogP contribution in [0.25, 0.3) is 5.65 Å². The van der Waals surface area contributed by atoms with Gasteiger partial charge in [-0.2, -0.15) is 10.2 Å². The molecule has 0 aromatic carbocycles. The van der Waals surface area contributed by atoms with Crippen molar-refractivity contribution in [1.82, 2.24) is 29.7 Å². The molecule has 1 aliphatic carbocycles. The normalized spacial score (nSPS) is 23.3. The zero-order valence-electron chi connectivity index (χ0n) is 18.5. The minimum atomic E-state index is -0.0457. The Morgan fingerprint density at radius 3 is 2.94 bits per heavy atom. The van der Waals surface area contributed by atoms with E-state index in [0.29, 0.717) is 5.69 Å². The first-order valence-electron chi connectivity index (χ1n) is 11.8. The molecule has 2 fully saturated rings. The van der Waals surface area contributed by atoms with Crippen molar-refractivity contribution in [2.45, 2.75) is 64.0 Å². The fraction of sp³-hybridized carbons (Fsp3) is 0.565. The number of nitrogens with one attached hydrogen (secondary N) is 1. The highest BCUT2D eigenvalue weighted by atomic mass is 16.2. The third-order valence-electron chi connectivity index (χ3n) is 7.26. The number of anilines is 1. The smallest absolute Gasteiger partial charge is 0.275 e. The molecule has 2 atom stereocenters. The number of likely N-dealkylation sites (tertiary alicyclic amines) is 1. The highest BCUT2D eigenvalue weighted by Crippen LogP contribution is 2.34. The first kappa shape index (κ1) is 19.7. The van der Waals surface area contributed by atoms with Crippen molar-refractivity contribution in [2.75, 3.05) is 24.5 Å². The number of piperidine rings is 1. The second-order valence-electron chi connectivity index (χ2n) is 9.51. The van der Waals surface area contributed by atoms with Crippen LogP contribution in [0.2, 0.25) is 0 Å². The van der Waals surface area contributed by atoms with E-state index in [4.69, 9.17) is 15.8 Å². The average Bonchev–Trinajstić information content (AvgIpc) is 3.56. The molecule has 6 rings (SSSR count). The quantitative estimate of drug-likeness (QED) is 0.654. The Hall–Kier alpha value is -2.94. The van der Waals surface area contributed by atoms with Crippen LogP contribution in [0.15, 0.2) is 12.3 Å². The lowest BCUT2D eigenvalue weighted by Crippen LogP contribution is -2.39. The lowest BCUT2D eigenvalue weighted by Gasteiger charge is -2.34. The van der Waals surface area contributed by atoms with Gasteiger partial charge in [0.2, 0.25) is 0 Å². The summed E-state index contributed by atoms with van der Waals surface area (Å²) in [6.45, 7) is 4.58. The summed E-state index contributed by atoms with van der Waals surface area (Å²) >= 11 is 0. The summed E-state index contributed by atoms with van der Waals surface area (Å²) in [6, 6.07) is 2.21. The van der Waals surface area contributed by atoms with Crippen LogP contribution in [0.5, 0.6) is 0 Å². The van der Waals surface area contributed by atoms with E-state index >= 15 is 0 Å². The zero-order valence-corrected chi connectivity index (χ0v) is 18.5. The third-order valence-corrected chi connectivity index (χ3v) is 7.26. The summed E-state index contributed by atoms with van der Waals surface area (Å²) in [4.78, 5) is 22.7. The van der Waals surface area contributed by atoms with Gasteiger partial charge in [0, 0.05) is 54.8 Å². The number of hydrogen-bond acceptors (Lipinski definition) is 6. The van der Waals surface area contributed by atoms with Crippen LogP contribution in [0, 0.1) is 6.92 Å². The molecule has 9 nitrogen and oxygen atoms in total. The highest BCUT2D eigenvalue weighted by Gasteiger charge is 2.34. The van der Waals surface area contributed by atoms with E-state index in [1.54, 1.807) is 0 Å².